The fourth-order valence-corrected chi connectivity index (χ4v) is 3.28. The first-order chi connectivity index (χ1) is 12.7. The van der Waals surface area contributed by atoms with Crippen molar-refractivity contribution in [3.8, 4) is 5.75 Å². The lowest BCUT2D eigenvalue weighted by molar-refractivity contribution is -0.116. The summed E-state index contributed by atoms with van der Waals surface area (Å²) < 4.78 is 10.6. The Morgan fingerprint density at radius 2 is 1.81 bits per heavy atom. The largest absolute Gasteiger partial charge is 0.497 e. The summed E-state index contributed by atoms with van der Waals surface area (Å²) in [7, 11) is 1.64. The fraction of sp³-hybridized carbons (Fsp3) is 0.190. The van der Waals surface area contributed by atoms with Crippen molar-refractivity contribution in [1.82, 2.24) is 0 Å². The number of carbonyl (C=O) groups excluding carboxylic acids is 1. The van der Waals surface area contributed by atoms with Crippen molar-refractivity contribution in [3.05, 3.63) is 78.3 Å². The van der Waals surface area contributed by atoms with Crippen molar-refractivity contribution in [3.63, 3.8) is 0 Å². The van der Waals surface area contributed by atoms with E-state index in [0.717, 1.165) is 27.7 Å². The van der Waals surface area contributed by atoms with Crippen LogP contribution in [-0.2, 0) is 11.3 Å². The third-order valence-corrected chi connectivity index (χ3v) is 4.96. The highest BCUT2D eigenvalue weighted by atomic mass is 32.2. The molecular weight excluding hydrogens is 346 g/mol. The molecule has 1 aromatic heterocycles. The average molecular weight is 367 g/mol. The van der Waals surface area contributed by atoms with Gasteiger partial charge in [0.05, 0.1) is 25.7 Å². The van der Waals surface area contributed by atoms with Crippen molar-refractivity contribution in [2.24, 2.45) is 0 Å². The van der Waals surface area contributed by atoms with Crippen LogP contribution < -0.4 is 9.64 Å². The average Bonchev–Trinajstić information content (AvgIpc) is 3.19. The predicted molar refractivity (Wildman–Crippen MR) is 105 cm³/mol. The van der Waals surface area contributed by atoms with Crippen LogP contribution in [0.1, 0.15) is 11.3 Å². The van der Waals surface area contributed by atoms with E-state index in [1.54, 1.807) is 18.3 Å². The van der Waals surface area contributed by atoms with E-state index in [2.05, 4.69) is 0 Å². The number of anilines is 1. The molecule has 0 atom stereocenters. The fourth-order valence-electron chi connectivity index (χ4n) is 2.50. The smallest absolute Gasteiger partial charge is 0.237 e. The molecule has 3 rings (SSSR count). The van der Waals surface area contributed by atoms with Gasteiger partial charge in [0.25, 0.3) is 0 Å². The topological polar surface area (TPSA) is 42.7 Å². The zero-order chi connectivity index (χ0) is 18.4. The lowest BCUT2D eigenvalue weighted by Crippen LogP contribution is -2.31. The number of rotatable bonds is 7. The van der Waals surface area contributed by atoms with Crippen LogP contribution in [0.2, 0.25) is 0 Å². The van der Waals surface area contributed by atoms with Gasteiger partial charge in [-0.25, -0.2) is 0 Å². The van der Waals surface area contributed by atoms with Crippen LogP contribution in [0.3, 0.4) is 0 Å². The third-order valence-electron chi connectivity index (χ3n) is 3.96. The van der Waals surface area contributed by atoms with Crippen LogP contribution in [0.15, 0.2) is 76.2 Å². The Hall–Kier alpha value is -2.66. The standard InChI is InChI=1S/C21H21NO3S/c1-16-5-7-17(8-6-16)22(14-19-4-3-13-25-19)21(23)15-26-20-11-9-18(24-2)10-12-20/h3-13H,14-15H2,1-2H3. The summed E-state index contributed by atoms with van der Waals surface area (Å²) in [6.07, 6.45) is 1.62. The van der Waals surface area contributed by atoms with Gasteiger partial charge in [0.1, 0.15) is 11.5 Å². The number of ether oxygens (including phenoxy) is 1. The van der Waals surface area contributed by atoms with E-state index in [0.29, 0.717) is 12.3 Å². The van der Waals surface area contributed by atoms with Crippen molar-refractivity contribution in [2.45, 2.75) is 18.4 Å². The van der Waals surface area contributed by atoms with E-state index in [1.807, 2.05) is 67.6 Å². The summed E-state index contributed by atoms with van der Waals surface area (Å²) in [6, 6.07) is 19.4. The van der Waals surface area contributed by atoms with Gasteiger partial charge in [-0.05, 0) is 55.5 Å². The molecule has 0 unspecified atom stereocenters. The predicted octanol–water partition coefficient (Wildman–Crippen LogP) is 4.92. The normalized spacial score (nSPS) is 10.5. The number of carbonyl (C=O) groups is 1. The highest BCUT2D eigenvalue weighted by Crippen LogP contribution is 2.24. The Labute approximate surface area is 157 Å². The first kappa shape index (κ1) is 18.1. The SMILES string of the molecule is COc1ccc(SCC(=O)N(Cc2ccco2)c2ccc(C)cc2)cc1. The summed E-state index contributed by atoms with van der Waals surface area (Å²) in [5, 5.41) is 0. The monoisotopic (exact) mass is 367 g/mol. The zero-order valence-electron chi connectivity index (χ0n) is 14.8. The molecular formula is C21H21NO3S. The van der Waals surface area contributed by atoms with Gasteiger partial charge in [0.2, 0.25) is 5.91 Å². The minimum absolute atomic E-state index is 0.0334. The molecule has 0 radical (unpaired) electrons. The first-order valence-electron chi connectivity index (χ1n) is 8.32. The summed E-state index contributed by atoms with van der Waals surface area (Å²) in [5.41, 5.74) is 2.03. The Morgan fingerprint density at radius 1 is 1.08 bits per heavy atom. The van der Waals surface area contributed by atoms with Crippen molar-refractivity contribution < 1.29 is 13.9 Å². The van der Waals surface area contributed by atoms with Crippen LogP contribution in [0.5, 0.6) is 5.75 Å². The van der Waals surface area contributed by atoms with E-state index < -0.39 is 0 Å². The maximum Gasteiger partial charge on any atom is 0.237 e. The van der Waals surface area contributed by atoms with E-state index in [1.165, 1.54) is 11.8 Å². The summed E-state index contributed by atoms with van der Waals surface area (Å²) in [5.74, 6) is 1.94. The molecule has 0 N–H and O–H groups in total. The van der Waals surface area contributed by atoms with Crippen molar-refractivity contribution in [2.75, 3.05) is 17.8 Å². The second kappa shape index (κ2) is 8.63. The van der Waals surface area contributed by atoms with E-state index >= 15 is 0 Å². The van der Waals surface area contributed by atoms with E-state index in [-0.39, 0.29) is 5.91 Å². The first-order valence-corrected chi connectivity index (χ1v) is 9.30. The van der Waals surface area contributed by atoms with Crippen LogP contribution in [0.4, 0.5) is 5.69 Å². The maximum atomic E-state index is 12.9. The Balaban J connectivity index is 1.72. The lowest BCUT2D eigenvalue weighted by Gasteiger charge is -2.22. The van der Waals surface area contributed by atoms with E-state index in [9.17, 15) is 4.79 Å². The van der Waals surface area contributed by atoms with Gasteiger partial charge in [-0.3, -0.25) is 4.79 Å². The Morgan fingerprint density at radius 3 is 2.42 bits per heavy atom. The molecule has 0 aliphatic carbocycles. The molecule has 0 fully saturated rings. The molecule has 134 valence electrons. The Bertz CT molecular complexity index is 827. The molecule has 0 aliphatic rings. The number of methoxy groups -OCH3 is 1. The highest BCUT2D eigenvalue weighted by Gasteiger charge is 2.17. The molecule has 3 aromatic rings. The highest BCUT2D eigenvalue weighted by molar-refractivity contribution is 8.00. The molecule has 0 saturated carbocycles. The lowest BCUT2D eigenvalue weighted by atomic mass is 10.2. The van der Waals surface area contributed by atoms with Crippen LogP contribution in [0.25, 0.3) is 0 Å². The van der Waals surface area contributed by atoms with Gasteiger partial charge >= 0.3 is 0 Å². The third kappa shape index (κ3) is 4.70. The van der Waals surface area contributed by atoms with Gasteiger partial charge in [0.15, 0.2) is 0 Å². The summed E-state index contributed by atoms with van der Waals surface area (Å²) >= 11 is 1.51. The van der Waals surface area contributed by atoms with Gasteiger partial charge in [-0.15, -0.1) is 11.8 Å². The van der Waals surface area contributed by atoms with Crippen molar-refractivity contribution >= 4 is 23.4 Å². The zero-order valence-corrected chi connectivity index (χ0v) is 15.7. The minimum Gasteiger partial charge on any atom is -0.497 e. The number of furan rings is 1. The van der Waals surface area contributed by atoms with Crippen molar-refractivity contribution in [1.29, 1.82) is 0 Å². The summed E-state index contributed by atoms with van der Waals surface area (Å²) in [4.78, 5) is 15.7. The second-order valence-electron chi connectivity index (χ2n) is 5.86. The number of amides is 1. The van der Waals surface area contributed by atoms with Gasteiger partial charge in [-0.2, -0.15) is 0 Å². The Kier molecular flexibility index (Phi) is 6.02. The molecule has 4 nitrogen and oxygen atoms in total. The minimum atomic E-state index is 0.0334. The number of hydrogen-bond acceptors (Lipinski definition) is 4. The molecule has 5 heteroatoms. The van der Waals surface area contributed by atoms with Gasteiger partial charge in [0, 0.05) is 10.6 Å². The number of benzene rings is 2. The molecule has 1 heterocycles. The van der Waals surface area contributed by atoms with E-state index in [4.69, 9.17) is 9.15 Å². The number of aryl methyl sites for hydroxylation is 1. The summed E-state index contributed by atoms with van der Waals surface area (Å²) in [6.45, 7) is 2.44. The van der Waals surface area contributed by atoms with Gasteiger partial charge in [-0.1, -0.05) is 17.7 Å². The quantitative estimate of drug-likeness (QED) is 0.556. The second-order valence-corrected chi connectivity index (χ2v) is 6.91. The number of nitrogens with zero attached hydrogens (tertiary/aromatic N) is 1. The van der Waals surface area contributed by atoms with Crippen LogP contribution >= 0.6 is 11.8 Å². The maximum absolute atomic E-state index is 12.9. The van der Waals surface area contributed by atoms with Crippen LogP contribution in [0, 0.1) is 6.92 Å². The molecule has 0 aliphatic heterocycles. The molecule has 0 spiro atoms. The number of hydrogen-bond donors (Lipinski definition) is 0. The molecule has 0 saturated heterocycles. The molecule has 0 bridgehead atoms. The number of thioether (sulfide) groups is 1. The molecule has 26 heavy (non-hydrogen) atoms. The molecule has 1 amide bonds. The van der Waals surface area contributed by atoms with Crippen LogP contribution in [-0.4, -0.2) is 18.8 Å². The molecule has 2 aromatic carbocycles. The van der Waals surface area contributed by atoms with Gasteiger partial charge < -0.3 is 14.1 Å².